The molecule has 0 bridgehead atoms. The molecule has 2 aromatic carbocycles. The number of carbonyl (C=O) groups is 2. The lowest BCUT2D eigenvalue weighted by atomic mass is 10.3. The topological polar surface area (TPSA) is 84.0 Å². The molecule has 3 aromatic rings. The molecule has 3 rings (SSSR count). The van der Waals surface area contributed by atoms with Gasteiger partial charge in [0.25, 0.3) is 0 Å². The zero-order chi connectivity index (χ0) is 20.6. The second kappa shape index (κ2) is 10.3. The summed E-state index contributed by atoms with van der Waals surface area (Å²) < 4.78 is 27.4. The van der Waals surface area contributed by atoms with Crippen LogP contribution < -0.4 is 10.6 Å². The maximum atomic E-state index is 13.1. The SMILES string of the molecule is O=C(CSc1nnc(SCC(=O)Nc2cccc(F)c2)s1)Nc1cccc(F)c1. The van der Waals surface area contributed by atoms with Crippen molar-refractivity contribution in [2.45, 2.75) is 8.68 Å². The average molecular weight is 453 g/mol. The molecule has 11 heteroatoms. The molecule has 0 aliphatic rings. The predicted molar refractivity (Wildman–Crippen MR) is 111 cm³/mol. The molecule has 0 radical (unpaired) electrons. The van der Waals surface area contributed by atoms with E-state index in [9.17, 15) is 18.4 Å². The van der Waals surface area contributed by atoms with Crippen molar-refractivity contribution in [1.82, 2.24) is 10.2 Å². The number of nitrogens with one attached hydrogen (secondary N) is 2. The van der Waals surface area contributed by atoms with Crippen LogP contribution in [0.1, 0.15) is 0 Å². The van der Waals surface area contributed by atoms with Gasteiger partial charge in [0.05, 0.1) is 11.5 Å². The van der Waals surface area contributed by atoms with Crippen LogP contribution in [0.5, 0.6) is 0 Å². The first-order chi connectivity index (χ1) is 14.0. The van der Waals surface area contributed by atoms with Gasteiger partial charge in [0.15, 0.2) is 8.68 Å². The molecule has 0 fully saturated rings. The van der Waals surface area contributed by atoms with E-state index >= 15 is 0 Å². The fourth-order valence-corrected chi connectivity index (χ4v) is 4.72. The van der Waals surface area contributed by atoms with Crippen molar-refractivity contribution in [2.24, 2.45) is 0 Å². The van der Waals surface area contributed by atoms with Gasteiger partial charge < -0.3 is 10.6 Å². The third-order valence-electron chi connectivity index (χ3n) is 3.26. The van der Waals surface area contributed by atoms with Gasteiger partial charge in [-0.2, -0.15) is 0 Å². The van der Waals surface area contributed by atoms with E-state index in [4.69, 9.17) is 0 Å². The fourth-order valence-electron chi connectivity index (χ4n) is 2.10. The lowest BCUT2D eigenvalue weighted by Gasteiger charge is -2.04. The van der Waals surface area contributed by atoms with E-state index in [1.54, 1.807) is 12.1 Å². The number of thioether (sulfide) groups is 2. The first-order valence-corrected chi connectivity index (χ1v) is 11.0. The monoisotopic (exact) mass is 452 g/mol. The number of hydrogen-bond donors (Lipinski definition) is 2. The van der Waals surface area contributed by atoms with Crippen LogP contribution in [-0.4, -0.2) is 33.5 Å². The van der Waals surface area contributed by atoms with E-state index in [0.29, 0.717) is 20.1 Å². The van der Waals surface area contributed by atoms with E-state index < -0.39 is 11.6 Å². The van der Waals surface area contributed by atoms with Crippen LogP contribution in [0.25, 0.3) is 0 Å². The van der Waals surface area contributed by atoms with Crippen LogP contribution >= 0.6 is 34.9 Å². The van der Waals surface area contributed by atoms with Crippen LogP contribution in [0, 0.1) is 11.6 Å². The number of hydrogen-bond acceptors (Lipinski definition) is 7. The van der Waals surface area contributed by atoms with Crippen molar-refractivity contribution in [3.05, 3.63) is 60.2 Å². The van der Waals surface area contributed by atoms with Crippen LogP contribution in [0.3, 0.4) is 0 Å². The molecule has 2 amide bonds. The van der Waals surface area contributed by atoms with Gasteiger partial charge in [0.2, 0.25) is 11.8 Å². The first kappa shape index (κ1) is 21.2. The highest BCUT2D eigenvalue weighted by Gasteiger charge is 2.11. The third kappa shape index (κ3) is 7.11. The molecular weight excluding hydrogens is 438 g/mol. The Labute approximate surface area is 177 Å². The summed E-state index contributed by atoms with van der Waals surface area (Å²) in [6.45, 7) is 0. The summed E-state index contributed by atoms with van der Waals surface area (Å²) in [5.74, 6) is -1.25. The summed E-state index contributed by atoms with van der Waals surface area (Å²) in [6, 6.07) is 11.3. The maximum Gasteiger partial charge on any atom is 0.234 e. The van der Waals surface area contributed by atoms with Gasteiger partial charge in [-0.05, 0) is 36.4 Å². The molecule has 0 unspecified atom stereocenters. The Morgan fingerprint density at radius 3 is 1.69 bits per heavy atom. The van der Waals surface area contributed by atoms with Gasteiger partial charge in [-0.3, -0.25) is 9.59 Å². The van der Waals surface area contributed by atoms with E-state index in [2.05, 4.69) is 20.8 Å². The Bertz CT molecular complexity index is 938. The van der Waals surface area contributed by atoms with Crippen LogP contribution in [0.15, 0.2) is 57.2 Å². The van der Waals surface area contributed by atoms with Crippen molar-refractivity contribution < 1.29 is 18.4 Å². The molecule has 1 heterocycles. The summed E-state index contributed by atoms with van der Waals surface area (Å²) in [5, 5.41) is 13.1. The van der Waals surface area contributed by atoms with E-state index in [0.717, 1.165) is 0 Å². The van der Waals surface area contributed by atoms with Crippen LogP contribution in [-0.2, 0) is 9.59 Å². The van der Waals surface area contributed by atoms with Gasteiger partial charge in [-0.15, -0.1) is 10.2 Å². The molecule has 0 spiro atoms. The second-order valence-electron chi connectivity index (χ2n) is 5.53. The summed E-state index contributed by atoms with van der Waals surface area (Å²) in [6.07, 6.45) is 0. The van der Waals surface area contributed by atoms with Gasteiger partial charge in [-0.25, -0.2) is 8.78 Å². The molecule has 0 saturated carbocycles. The molecule has 0 atom stereocenters. The van der Waals surface area contributed by atoms with Crippen molar-refractivity contribution in [3.8, 4) is 0 Å². The molecule has 0 saturated heterocycles. The van der Waals surface area contributed by atoms with E-state index in [1.807, 2.05) is 0 Å². The third-order valence-corrected chi connectivity index (χ3v) is 6.45. The molecule has 0 aliphatic heterocycles. The van der Waals surface area contributed by atoms with E-state index in [-0.39, 0.29) is 23.3 Å². The van der Waals surface area contributed by atoms with Gasteiger partial charge in [-0.1, -0.05) is 47.0 Å². The van der Waals surface area contributed by atoms with Crippen molar-refractivity contribution >= 4 is 58.0 Å². The number of amides is 2. The minimum atomic E-state index is -0.428. The van der Waals surface area contributed by atoms with Crippen molar-refractivity contribution in [2.75, 3.05) is 22.1 Å². The highest BCUT2D eigenvalue weighted by atomic mass is 32.2. The van der Waals surface area contributed by atoms with Crippen molar-refractivity contribution in [3.63, 3.8) is 0 Å². The molecule has 29 heavy (non-hydrogen) atoms. The minimum absolute atomic E-state index is 0.0931. The lowest BCUT2D eigenvalue weighted by Crippen LogP contribution is -2.14. The van der Waals surface area contributed by atoms with Gasteiger partial charge in [0.1, 0.15) is 11.6 Å². The molecular formula is C18H14F2N4O2S3. The maximum absolute atomic E-state index is 13.1. The van der Waals surface area contributed by atoms with Gasteiger partial charge >= 0.3 is 0 Å². The predicted octanol–water partition coefficient (Wildman–Crippen LogP) is 4.28. The summed E-state index contributed by atoms with van der Waals surface area (Å²) >= 11 is 3.65. The zero-order valence-electron chi connectivity index (χ0n) is 14.7. The number of rotatable bonds is 8. The fraction of sp³-hybridized carbons (Fsp3) is 0.111. The Kier molecular flexibility index (Phi) is 7.55. The minimum Gasteiger partial charge on any atom is -0.325 e. The van der Waals surface area contributed by atoms with Crippen molar-refractivity contribution in [1.29, 1.82) is 0 Å². The standard InChI is InChI=1S/C18H14F2N4O2S3/c19-11-3-1-5-13(7-11)21-15(25)9-27-17-23-24-18(29-17)28-10-16(26)22-14-6-2-4-12(20)8-14/h1-8H,9-10H2,(H,21,25)(H,22,26). The number of anilines is 2. The zero-order valence-corrected chi connectivity index (χ0v) is 17.2. The molecule has 2 N–H and O–H groups in total. The number of nitrogens with zero attached hydrogens (tertiary/aromatic N) is 2. The Morgan fingerprint density at radius 1 is 0.828 bits per heavy atom. The lowest BCUT2D eigenvalue weighted by molar-refractivity contribution is -0.114. The largest absolute Gasteiger partial charge is 0.325 e. The Hall–Kier alpha value is -2.50. The number of carbonyl (C=O) groups excluding carboxylic acids is 2. The molecule has 6 nitrogen and oxygen atoms in total. The molecule has 0 aliphatic carbocycles. The number of halogens is 2. The Morgan fingerprint density at radius 2 is 1.28 bits per heavy atom. The molecule has 1 aromatic heterocycles. The highest BCUT2D eigenvalue weighted by molar-refractivity contribution is 8.03. The quantitative estimate of drug-likeness (QED) is 0.497. The molecule has 150 valence electrons. The first-order valence-electron chi connectivity index (χ1n) is 8.18. The summed E-state index contributed by atoms with van der Waals surface area (Å²) in [5.41, 5.74) is 0.766. The van der Waals surface area contributed by atoms with Gasteiger partial charge in [0, 0.05) is 11.4 Å². The van der Waals surface area contributed by atoms with E-state index in [1.165, 1.54) is 71.3 Å². The van der Waals surface area contributed by atoms with Crippen LogP contribution in [0.4, 0.5) is 20.2 Å². The average Bonchev–Trinajstić information content (AvgIpc) is 3.13. The normalized spacial score (nSPS) is 10.6. The number of benzene rings is 2. The highest BCUT2D eigenvalue weighted by Crippen LogP contribution is 2.29. The number of aromatic nitrogens is 2. The smallest absolute Gasteiger partial charge is 0.234 e. The Balaban J connectivity index is 1.42. The summed E-state index contributed by atoms with van der Waals surface area (Å²) in [4.78, 5) is 23.9. The second-order valence-corrected chi connectivity index (χ2v) is 8.95. The van der Waals surface area contributed by atoms with Crippen LogP contribution in [0.2, 0.25) is 0 Å². The summed E-state index contributed by atoms with van der Waals surface area (Å²) in [7, 11) is 0.